The van der Waals surface area contributed by atoms with Gasteiger partial charge in [0.05, 0.1) is 16.8 Å². The van der Waals surface area contributed by atoms with Gasteiger partial charge in [0, 0.05) is 31.9 Å². The van der Waals surface area contributed by atoms with Gasteiger partial charge in [-0.15, -0.1) is 0 Å². The predicted molar refractivity (Wildman–Crippen MR) is 92.6 cm³/mol. The number of carbonyl (C=O) groups excluding carboxylic acids is 2. The number of H-pyrrole nitrogens is 1. The number of aromatic nitrogens is 3. The van der Waals surface area contributed by atoms with Gasteiger partial charge in [-0.05, 0) is 29.8 Å². The monoisotopic (exact) mass is 353 g/mol. The Morgan fingerprint density at radius 1 is 1.31 bits per heavy atom. The number of fused-ring (bicyclic) bond motifs is 1. The molecule has 0 spiro atoms. The van der Waals surface area contributed by atoms with Gasteiger partial charge in [-0.1, -0.05) is 6.07 Å². The maximum Gasteiger partial charge on any atom is 0.229 e. The van der Waals surface area contributed by atoms with Gasteiger partial charge in [-0.25, -0.2) is 4.39 Å². The minimum Gasteiger partial charge on any atom is -0.352 e. The van der Waals surface area contributed by atoms with Gasteiger partial charge in [0.15, 0.2) is 5.82 Å². The molecule has 2 amide bonds. The van der Waals surface area contributed by atoms with Crippen LogP contribution >= 0.6 is 0 Å². The third-order valence-electron chi connectivity index (χ3n) is 4.49. The lowest BCUT2D eigenvalue weighted by atomic mass is 10.1. The maximum absolute atomic E-state index is 14.1. The molecule has 0 radical (unpaired) electrons. The first-order valence-corrected chi connectivity index (χ1v) is 8.23. The van der Waals surface area contributed by atoms with Crippen molar-refractivity contribution in [3.05, 3.63) is 54.1 Å². The largest absolute Gasteiger partial charge is 0.352 e. The number of anilines is 1. The fourth-order valence-electron chi connectivity index (χ4n) is 3.13. The van der Waals surface area contributed by atoms with Crippen LogP contribution < -0.4 is 10.2 Å². The van der Waals surface area contributed by atoms with Gasteiger partial charge in [-0.2, -0.15) is 5.10 Å². The second-order valence-electron chi connectivity index (χ2n) is 6.19. The Morgan fingerprint density at radius 3 is 2.92 bits per heavy atom. The van der Waals surface area contributed by atoms with E-state index < -0.39 is 11.7 Å². The van der Waals surface area contributed by atoms with Crippen LogP contribution in [0.25, 0.3) is 10.9 Å². The molecule has 0 aliphatic carbocycles. The molecule has 0 bridgehead atoms. The summed E-state index contributed by atoms with van der Waals surface area (Å²) < 4.78 is 14.1. The predicted octanol–water partition coefficient (Wildman–Crippen LogP) is 1.77. The number of nitrogens with zero attached hydrogens (tertiary/aromatic N) is 3. The summed E-state index contributed by atoms with van der Waals surface area (Å²) in [4.78, 5) is 30.1. The Bertz CT molecular complexity index is 972. The fraction of sp³-hybridized carbons (Fsp3) is 0.222. The average Bonchev–Trinajstić information content (AvgIpc) is 3.25. The van der Waals surface area contributed by atoms with E-state index in [1.807, 2.05) is 12.1 Å². The third-order valence-corrected chi connectivity index (χ3v) is 4.49. The second kappa shape index (κ2) is 6.55. The molecule has 1 aliphatic heterocycles. The number of nitrogens with one attached hydrogen (secondary N) is 2. The van der Waals surface area contributed by atoms with Crippen molar-refractivity contribution in [2.45, 2.75) is 13.0 Å². The number of benzene rings is 1. The van der Waals surface area contributed by atoms with Crippen LogP contribution in [0.15, 0.2) is 42.7 Å². The van der Waals surface area contributed by atoms with Crippen LogP contribution in [-0.2, 0) is 16.1 Å². The number of rotatable bonds is 4. The molecule has 3 heterocycles. The summed E-state index contributed by atoms with van der Waals surface area (Å²) in [5.74, 6) is -1.18. The van der Waals surface area contributed by atoms with E-state index in [-0.39, 0.29) is 36.0 Å². The van der Waals surface area contributed by atoms with Gasteiger partial charge in [0.1, 0.15) is 5.82 Å². The van der Waals surface area contributed by atoms with E-state index in [9.17, 15) is 14.0 Å². The standard InChI is InChI=1S/C18H16FN5O2/c19-13-2-1-3-14-16(13)17(23-22-14)24-10-12(8-15(24)25)18(26)21-9-11-4-6-20-7-5-11/h1-7,12H,8-10H2,(H,21,26)(H,22,23)/t12-/m0/s1. The first-order chi connectivity index (χ1) is 12.6. The van der Waals surface area contributed by atoms with E-state index in [0.29, 0.717) is 12.1 Å². The highest BCUT2D eigenvalue weighted by Gasteiger charge is 2.37. The lowest BCUT2D eigenvalue weighted by Crippen LogP contribution is -2.32. The van der Waals surface area contributed by atoms with Gasteiger partial charge in [0.2, 0.25) is 11.8 Å². The van der Waals surface area contributed by atoms with Crippen molar-refractivity contribution in [3.8, 4) is 0 Å². The van der Waals surface area contributed by atoms with Crippen LogP contribution in [0.1, 0.15) is 12.0 Å². The van der Waals surface area contributed by atoms with Gasteiger partial charge >= 0.3 is 0 Å². The molecule has 1 atom stereocenters. The number of amides is 2. The average molecular weight is 353 g/mol. The molecular weight excluding hydrogens is 337 g/mol. The van der Waals surface area contributed by atoms with E-state index in [0.717, 1.165) is 5.56 Å². The zero-order valence-corrected chi connectivity index (χ0v) is 13.8. The Hall–Kier alpha value is -3.29. The lowest BCUT2D eigenvalue weighted by molar-refractivity contribution is -0.126. The number of carbonyl (C=O) groups is 2. The summed E-state index contributed by atoms with van der Waals surface area (Å²) >= 11 is 0. The Kier molecular flexibility index (Phi) is 4.08. The minimum absolute atomic E-state index is 0.0744. The molecule has 8 heteroatoms. The third kappa shape index (κ3) is 2.90. The lowest BCUT2D eigenvalue weighted by Gasteiger charge is -2.14. The Balaban J connectivity index is 1.49. The summed E-state index contributed by atoms with van der Waals surface area (Å²) in [6, 6.07) is 8.20. The molecule has 0 saturated carbocycles. The van der Waals surface area contributed by atoms with Gasteiger partial charge in [0.25, 0.3) is 0 Å². The van der Waals surface area contributed by atoms with Crippen molar-refractivity contribution in [1.82, 2.24) is 20.5 Å². The highest BCUT2D eigenvalue weighted by atomic mass is 19.1. The van der Waals surface area contributed by atoms with Crippen LogP contribution in [0.2, 0.25) is 0 Å². The number of halogens is 1. The molecule has 1 aliphatic rings. The molecule has 2 N–H and O–H groups in total. The SMILES string of the molecule is O=C(NCc1ccncc1)[C@H]1CC(=O)N(c2n[nH]c3cccc(F)c23)C1. The molecule has 7 nitrogen and oxygen atoms in total. The Labute approximate surface area is 148 Å². The summed E-state index contributed by atoms with van der Waals surface area (Å²) in [5, 5.41) is 9.89. The van der Waals surface area contributed by atoms with E-state index >= 15 is 0 Å². The van der Waals surface area contributed by atoms with E-state index in [1.54, 1.807) is 24.5 Å². The van der Waals surface area contributed by atoms with Crippen LogP contribution in [-0.4, -0.2) is 33.5 Å². The number of hydrogen-bond acceptors (Lipinski definition) is 4. The molecule has 2 aromatic heterocycles. The minimum atomic E-state index is -0.497. The van der Waals surface area contributed by atoms with Crippen LogP contribution in [0, 0.1) is 11.7 Å². The quantitative estimate of drug-likeness (QED) is 0.748. The summed E-state index contributed by atoms with van der Waals surface area (Å²) in [5.41, 5.74) is 1.44. The Morgan fingerprint density at radius 2 is 2.12 bits per heavy atom. The van der Waals surface area contributed by atoms with Crippen LogP contribution in [0.3, 0.4) is 0 Å². The molecule has 1 aromatic carbocycles. The molecule has 3 aromatic rings. The number of hydrogen-bond donors (Lipinski definition) is 2. The van der Waals surface area contributed by atoms with E-state index in [4.69, 9.17) is 0 Å². The highest BCUT2D eigenvalue weighted by Crippen LogP contribution is 2.31. The molecular formula is C18H16FN5O2. The van der Waals surface area contributed by atoms with E-state index in [2.05, 4.69) is 20.5 Å². The molecule has 1 saturated heterocycles. The molecule has 4 rings (SSSR count). The first kappa shape index (κ1) is 16.2. The van der Waals surface area contributed by atoms with Crippen molar-refractivity contribution >= 4 is 28.5 Å². The smallest absolute Gasteiger partial charge is 0.229 e. The normalized spacial score (nSPS) is 17.0. The second-order valence-corrected chi connectivity index (χ2v) is 6.19. The zero-order chi connectivity index (χ0) is 18.1. The zero-order valence-electron chi connectivity index (χ0n) is 13.8. The summed E-state index contributed by atoms with van der Waals surface area (Å²) in [6.45, 7) is 0.543. The van der Waals surface area contributed by atoms with Gasteiger partial charge < -0.3 is 5.32 Å². The first-order valence-electron chi connectivity index (χ1n) is 8.23. The fourth-order valence-corrected chi connectivity index (χ4v) is 3.13. The molecule has 0 unspecified atom stereocenters. The van der Waals surface area contributed by atoms with Crippen molar-refractivity contribution in [3.63, 3.8) is 0 Å². The molecule has 26 heavy (non-hydrogen) atoms. The highest BCUT2D eigenvalue weighted by molar-refractivity contribution is 6.05. The van der Waals surface area contributed by atoms with Gasteiger partial charge in [-0.3, -0.25) is 24.6 Å². The number of aromatic amines is 1. The number of pyridine rings is 1. The summed E-state index contributed by atoms with van der Waals surface area (Å²) in [7, 11) is 0. The van der Waals surface area contributed by atoms with Crippen molar-refractivity contribution < 1.29 is 14.0 Å². The molecule has 1 fully saturated rings. The summed E-state index contributed by atoms with van der Waals surface area (Å²) in [6.07, 6.45) is 3.38. The maximum atomic E-state index is 14.1. The van der Waals surface area contributed by atoms with Crippen molar-refractivity contribution in [2.24, 2.45) is 5.92 Å². The topological polar surface area (TPSA) is 91.0 Å². The van der Waals surface area contributed by atoms with Crippen LogP contribution in [0.4, 0.5) is 10.2 Å². The van der Waals surface area contributed by atoms with Crippen molar-refractivity contribution in [1.29, 1.82) is 0 Å². The van der Waals surface area contributed by atoms with Crippen LogP contribution in [0.5, 0.6) is 0 Å². The molecule has 132 valence electrons. The van der Waals surface area contributed by atoms with Crippen molar-refractivity contribution in [2.75, 3.05) is 11.4 Å². The van der Waals surface area contributed by atoms with E-state index in [1.165, 1.54) is 11.0 Å².